The van der Waals surface area contributed by atoms with Gasteiger partial charge in [0.2, 0.25) is 20.0 Å². The molecule has 0 radical (unpaired) electrons. The van der Waals surface area contributed by atoms with Crippen molar-refractivity contribution in [1.82, 2.24) is 13.5 Å². The van der Waals surface area contributed by atoms with Crippen LogP contribution in [0.5, 0.6) is 0 Å². The average molecular weight is 512 g/mol. The van der Waals surface area contributed by atoms with Gasteiger partial charge in [0.25, 0.3) is 5.91 Å². The monoisotopic (exact) mass is 511 g/mol. The van der Waals surface area contributed by atoms with Gasteiger partial charge in [-0.1, -0.05) is 29.3 Å². The quantitative estimate of drug-likeness (QED) is 0.615. The molecule has 2 aromatic rings. The second kappa shape index (κ2) is 9.34. The summed E-state index contributed by atoms with van der Waals surface area (Å²) < 4.78 is 54.4. The molecule has 178 valence electrons. The number of amides is 1. The molecule has 4 rings (SSSR count). The van der Waals surface area contributed by atoms with E-state index in [1.54, 1.807) is 24.3 Å². The molecule has 0 aliphatic carbocycles. The molecule has 0 unspecified atom stereocenters. The molecule has 2 aliphatic rings. The maximum atomic E-state index is 13.1. The summed E-state index contributed by atoms with van der Waals surface area (Å²) in [6, 6.07) is 10.8. The Morgan fingerprint density at radius 3 is 1.88 bits per heavy atom. The number of hydrogen-bond acceptors (Lipinski definition) is 5. The molecule has 8 nitrogen and oxygen atoms in total. The van der Waals surface area contributed by atoms with Crippen molar-refractivity contribution < 1.29 is 21.6 Å². The Labute approximate surface area is 199 Å². The lowest BCUT2D eigenvalue weighted by atomic mass is 10.2. The topological polar surface area (TPSA) is 95.1 Å². The Morgan fingerprint density at radius 1 is 0.758 bits per heavy atom. The third-order valence-electron chi connectivity index (χ3n) is 6.06. The minimum atomic E-state index is -3.69. The molecule has 0 atom stereocenters. The van der Waals surface area contributed by atoms with Crippen LogP contribution in [0, 0.1) is 6.92 Å². The molecule has 0 spiro atoms. The first-order valence-corrected chi connectivity index (χ1v) is 14.0. The second-order valence-corrected chi connectivity index (χ2v) is 12.5. The SMILES string of the molecule is Cc1ccc(S(=O)(=O)N2CCN(C(=O)c3cc(S(=O)(=O)N4CCCC4)ccc3Cl)CC2)cc1. The normalized spacial score (nSPS) is 18.5. The van der Waals surface area contributed by atoms with E-state index in [0.29, 0.717) is 13.1 Å². The maximum absolute atomic E-state index is 13.1. The fourth-order valence-corrected chi connectivity index (χ4v) is 7.23. The molecule has 2 aromatic carbocycles. The van der Waals surface area contributed by atoms with Crippen molar-refractivity contribution in [3.8, 4) is 0 Å². The van der Waals surface area contributed by atoms with Crippen LogP contribution in [0.15, 0.2) is 52.3 Å². The van der Waals surface area contributed by atoms with Gasteiger partial charge < -0.3 is 4.90 Å². The van der Waals surface area contributed by atoms with Crippen LogP contribution in [-0.2, 0) is 20.0 Å². The summed E-state index contributed by atoms with van der Waals surface area (Å²) in [5.74, 6) is -0.411. The van der Waals surface area contributed by atoms with Crippen LogP contribution >= 0.6 is 11.6 Å². The Balaban J connectivity index is 1.49. The molecule has 2 fully saturated rings. The van der Waals surface area contributed by atoms with Crippen molar-refractivity contribution in [3.05, 3.63) is 58.6 Å². The third kappa shape index (κ3) is 4.81. The largest absolute Gasteiger partial charge is 0.336 e. The van der Waals surface area contributed by atoms with Gasteiger partial charge in [-0.25, -0.2) is 16.8 Å². The number of halogens is 1. The molecule has 33 heavy (non-hydrogen) atoms. The van der Waals surface area contributed by atoms with Crippen LogP contribution in [-0.4, -0.2) is 75.5 Å². The van der Waals surface area contributed by atoms with Crippen LogP contribution < -0.4 is 0 Å². The zero-order chi connectivity index (χ0) is 23.8. The van der Waals surface area contributed by atoms with E-state index >= 15 is 0 Å². The van der Waals surface area contributed by atoms with Crippen molar-refractivity contribution in [2.75, 3.05) is 39.3 Å². The Kier molecular flexibility index (Phi) is 6.84. The number of rotatable bonds is 5. The number of benzene rings is 2. The highest BCUT2D eigenvalue weighted by Crippen LogP contribution is 2.27. The molecule has 2 heterocycles. The molecular weight excluding hydrogens is 486 g/mol. The molecule has 0 saturated carbocycles. The summed E-state index contributed by atoms with van der Waals surface area (Å²) in [6.45, 7) is 3.47. The number of carbonyl (C=O) groups excluding carboxylic acids is 1. The number of nitrogens with zero attached hydrogens (tertiary/aromatic N) is 3. The average Bonchev–Trinajstić information content (AvgIpc) is 3.35. The van der Waals surface area contributed by atoms with E-state index in [1.165, 1.54) is 31.7 Å². The number of carbonyl (C=O) groups is 1. The molecule has 0 aromatic heterocycles. The second-order valence-electron chi connectivity index (χ2n) is 8.26. The van der Waals surface area contributed by atoms with E-state index in [0.717, 1.165) is 18.4 Å². The van der Waals surface area contributed by atoms with Crippen LogP contribution in [0.1, 0.15) is 28.8 Å². The van der Waals surface area contributed by atoms with Gasteiger partial charge in [-0.05, 0) is 50.1 Å². The Bertz CT molecular complexity index is 1250. The smallest absolute Gasteiger partial charge is 0.255 e. The molecule has 11 heteroatoms. The first-order chi connectivity index (χ1) is 15.6. The predicted molar refractivity (Wildman–Crippen MR) is 125 cm³/mol. The molecule has 2 aliphatic heterocycles. The van der Waals surface area contributed by atoms with Gasteiger partial charge in [-0.3, -0.25) is 4.79 Å². The number of hydrogen-bond donors (Lipinski definition) is 0. The minimum absolute atomic E-state index is 0.0396. The highest BCUT2D eigenvalue weighted by atomic mass is 35.5. The molecule has 1 amide bonds. The number of aryl methyl sites for hydroxylation is 1. The fourth-order valence-electron chi connectivity index (χ4n) is 4.07. The molecule has 0 bridgehead atoms. The summed E-state index contributed by atoms with van der Waals surface area (Å²) in [4.78, 5) is 14.9. The number of piperazine rings is 1. The van der Waals surface area contributed by atoms with E-state index in [4.69, 9.17) is 11.6 Å². The van der Waals surface area contributed by atoms with E-state index in [9.17, 15) is 21.6 Å². The fraction of sp³-hybridized carbons (Fsp3) is 0.409. The van der Waals surface area contributed by atoms with Gasteiger partial charge >= 0.3 is 0 Å². The minimum Gasteiger partial charge on any atom is -0.336 e. The van der Waals surface area contributed by atoms with Gasteiger partial charge in [-0.2, -0.15) is 8.61 Å². The van der Waals surface area contributed by atoms with Gasteiger partial charge in [-0.15, -0.1) is 0 Å². The van der Waals surface area contributed by atoms with Crippen molar-refractivity contribution in [2.45, 2.75) is 29.6 Å². The van der Waals surface area contributed by atoms with E-state index in [2.05, 4.69) is 0 Å². The summed E-state index contributed by atoms with van der Waals surface area (Å²) in [7, 11) is -7.34. The molecule has 0 N–H and O–H groups in total. The summed E-state index contributed by atoms with van der Waals surface area (Å²) in [5, 5.41) is 0.162. The lowest BCUT2D eigenvalue weighted by molar-refractivity contribution is 0.0698. The molecule has 2 saturated heterocycles. The van der Waals surface area contributed by atoms with Gasteiger partial charge in [0.05, 0.1) is 20.4 Å². The summed E-state index contributed by atoms with van der Waals surface area (Å²) >= 11 is 6.25. The summed E-state index contributed by atoms with van der Waals surface area (Å²) in [6.07, 6.45) is 1.63. The highest BCUT2D eigenvalue weighted by molar-refractivity contribution is 7.89. The Hall–Kier alpha value is -1.98. The van der Waals surface area contributed by atoms with Gasteiger partial charge in [0, 0.05) is 39.3 Å². The van der Waals surface area contributed by atoms with Crippen molar-refractivity contribution in [2.24, 2.45) is 0 Å². The Morgan fingerprint density at radius 2 is 1.27 bits per heavy atom. The third-order valence-corrected chi connectivity index (χ3v) is 10.2. The van der Waals surface area contributed by atoms with Crippen LogP contribution in [0.2, 0.25) is 5.02 Å². The maximum Gasteiger partial charge on any atom is 0.255 e. The van der Waals surface area contributed by atoms with E-state index < -0.39 is 26.0 Å². The zero-order valence-electron chi connectivity index (χ0n) is 18.3. The van der Waals surface area contributed by atoms with Crippen molar-refractivity contribution in [1.29, 1.82) is 0 Å². The van der Waals surface area contributed by atoms with Crippen LogP contribution in [0.25, 0.3) is 0 Å². The van der Waals surface area contributed by atoms with Crippen molar-refractivity contribution >= 4 is 37.6 Å². The van der Waals surface area contributed by atoms with Crippen molar-refractivity contribution in [3.63, 3.8) is 0 Å². The van der Waals surface area contributed by atoms with Gasteiger partial charge in [0.15, 0.2) is 0 Å². The first-order valence-electron chi connectivity index (χ1n) is 10.8. The molecular formula is C22H26ClN3O5S2. The standard InChI is InChI=1S/C22H26ClN3O5S2/c1-17-4-6-18(7-5-17)32(28,29)26-14-12-24(13-15-26)22(27)20-16-19(8-9-21(20)23)33(30,31)25-10-2-3-11-25/h4-9,16H,2-3,10-15H2,1H3. The summed E-state index contributed by atoms with van der Waals surface area (Å²) in [5.41, 5.74) is 1.07. The lowest BCUT2D eigenvalue weighted by Crippen LogP contribution is -2.50. The number of sulfonamides is 2. The highest BCUT2D eigenvalue weighted by Gasteiger charge is 2.32. The van der Waals surface area contributed by atoms with Crippen LogP contribution in [0.3, 0.4) is 0 Å². The van der Waals surface area contributed by atoms with E-state index in [1.807, 2.05) is 6.92 Å². The first kappa shape index (κ1) is 24.2. The lowest BCUT2D eigenvalue weighted by Gasteiger charge is -2.34. The predicted octanol–water partition coefficient (Wildman–Crippen LogP) is 2.58. The zero-order valence-corrected chi connectivity index (χ0v) is 20.7. The van der Waals surface area contributed by atoms with E-state index in [-0.39, 0.29) is 46.6 Å². The van der Waals surface area contributed by atoms with Crippen LogP contribution in [0.4, 0.5) is 0 Å². The van der Waals surface area contributed by atoms with Gasteiger partial charge in [0.1, 0.15) is 0 Å².